The normalized spacial score (nSPS) is 10.9. The molecule has 0 fully saturated rings. The first kappa shape index (κ1) is 21.4. The molecule has 0 atom stereocenters. The van der Waals surface area contributed by atoms with Crippen LogP contribution in [0.2, 0.25) is 0 Å². The molecule has 2 aromatic heterocycles. The largest absolute Gasteiger partial charge is 0.507 e. The van der Waals surface area contributed by atoms with E-state index >= 15 is 0 Å². The molecule has 0 saturated carbocycles. The molecule has 0 amide bonds. The number of pyridine rings is 1. The van der Waals surface area contributed by atoms with Crippen molar-refractivity contribution in [3.63, 3.8) is 0 Å². The Morgan fingerprint density at radius 2 is 1.28 bits per heavy atom. The number of phenolic OH excluding ortho intramolecular Hbond substituents is 1. The number of nitrogens with zero attached hydrogens (tertiary/aromatic N) is 4. The SMILES string of the molecule is Oc1ccccc1-c1nc(-c2ccccc2)nc(-c2cccc(Oc3nccc4ccccc34)c2)n1. The van der Waals surface area contributed by atoms with E-state index in [1.165, 1.54) is 0 Å². The number of fused-ring (bicyclic) bond motifs is 1. The van der Waals surface area contributed by atoms with Crippen molar-refractivity contribution in [2.24, 2.45) is 0 Å². The van der Waals surface area contributed by atoms with Crippen LogP contribution < -0.4 is 4.74 Å². The van der Waals surface area contributed by atoms with Crippen molar-refractivity contribution in [3.8, 4) is 51.5 Å². The monoisotopic (exact) mass is 468 g/mol. The predicted octanol–water partition coefficient (Wildman–Crippen LogP) is 6.92. The quantitative estimate of drug-likeness (QED) is 0.296. The summed E-state index contributed by atoms with van der Waals surface area (Å²) >= 11 is 0. The van der Waals surface area contributed by atoms with Crippen LogP contribution in [0.4, 0.5) is 0 Å². The van der Waals surface area contributed by atoms with Crippen LogP contribution >= 0.6 is 0 Å². The number of para-hydroxylation sites is 1. The number of rotatable bonds is 5. The number of hydrogen-bond donors (Lipinski definition) is 1. The maximum atomic E-state index is 10.5. The Balaban J connectivity index is 1.45. The Morgan fingerprint density at radius 1 is 0.583 bits per heavy atom. The number of ether oxygens (including phenoxy) is 1. The van der Waals surface area contributed by atoms with Gasteiger partial charge in [-0.25, -0.2) is 19.9 Å². The predicted molar refractivity (Wildman–Crippen MR) is 140 cm³/mol. The third-order valence-corrected chi connectivity index (χ3v) is 5.76. The van der Waals surface area contributed by atoms with E-state index in [-0.39, 0.29) is 5.75 Å². The fraction of sp³-hybridized carbons (Fsp3) is 0. The van der Waals surface area contributed by atoms with Gasteiger partial charge in [0.25, 0.3) is 0 Å². The molecule has 172 valence electrons. The highest BCUT2D eigenvalue weighted by Crippen LogP contribution is 2.32. The zero-order chi connectivity index (χ0) is 24.3. The molecular formula is C30H20N4O2. The smallest absolute Gasteiger partial charge is 0.227 e. The molecule has 6 heteroatoms. The molecule has 6 nitrogen and oxygen atoms in total. The Kier molecular flexibility index (Phi) is 5.52. The number of aromatic hydroxyl groups is 1. The lowest BCUT2D eigenvalue weighted by atomic mass is 10.1. The van der Waals surface area contributed by atoms with Crippen LogP contribution in [0, 0.1) is 0 Å². The second-order valence-corrected chi connectivity index (χ2v) is 8.16. The second kappa shape index (κ2) is 9.27. The van der Waals surface area contributed by atoms with Crippen LogP contribution in [0.25, 0.3) is 44.9 Å². The molecule has 0 spiro atoms. The zero-order valence-electron chi connectivity index (χ0n) is 19.1. The van der Waals surface area contributed by atoms with E-state index < -0.39 is 0 Å². The van der Waals surface area contributed by atoms with Gasteiger partial charge in [0.15, 0.2) is 17.5 Å². The van der Waals surface area contributed by atoms with Gasteiger partial charge < -0.3 is 9.84 Å². The minimum absolute atomic E-state index is 0.104. The average Bonchev–Trinajstić information content (AvgIpc) is 2.94. The van der Waals surface area contributed by atoms with Crippen LogP contribution in [-0.4, -0.2) is 25.0 Å². The molecule has 6 aromatic rings. The summed E-state index contributed by atoms with van der Waals surface area (Å²) in [5, 5.41) is 12.4. The fourth-order valence-corrected chi connectivity index (χ4v) is 3.99. The fourth-order valence-electron chi connectivity index (χ4n) is 3.99. The standard InChI is InChI=1S/C30H20N4O2/c35-26-16-7-6-15-25(26)29-33-27(21-10-2-1-3-11-21)32-28(34-29)22-12-8-13-23(19-22)36-30-24-14-5-4-9-20(24)17-18-31-30/h1-19,35H. The van der Waals surface area contributed by atoms with E-state index in [0.29, 0.717) is 34.7 Å². The zero-order valence-corrected chi connectivity index (χ0v) is 19.1. The van der Waals surface area contributed by atoms with Crippen molar-refractivity contribution in [1.82, 2.24) is 19.9 Å². The highest BCUT2D eigenvalue weighted by molar-refractivity contribution is 5.86. The molecule has 2 heterocycles. The molecule has 0 radical (unpaired) electrons. The molecule has 0 unspecified atom stereocenters. The summed E-state index contributed by atoms with van der Waals surface area (Å²) in [5.41, 5.74) is 2.14. The summed E-state index contributed by atoms with van der Waals surface area (Å²) in [4.78, 5) is 18.5. The van der Waals surface area contributed by atoms with Crippen LogP contribution in [0.15, 0.2) is 115 Å². The molecule has 4 aromatic carbocycles. The maximum Gasteiger partial charge on any atom is 0.227 e. The Bertz CT molecular complexity index is 1680. The summed E-state index contributed by atoms with van der Waals surface area (Å²) in [6, 6.07) is 34.2. The van der Waals surface area contributed by atoms with Crippen molar-refractivity contribution >= 4 is 10.8 Å². The summed E-state index contributed by atoms with van der Waals surface area (Å²) < 4.78 is 6.18. The van der Waals surface area contributed by atoms with Crippen LogP contribution in [0.1, 0.15) is 0 Å². The van der Waals surface area contributed by atoms with Gasteiger partial charge >= 0.3 is 0 Å². The third kappa shape index (κ3) is 4.23. The first-order chi connectivity index (χ1) is 17.7. The average molecular weight is 469 g/mol. The summed E-state index contributed by atoms with van der Waals surface area (Å²) in [5.74, 6) is 2.62. The van der Waals surface area contributed by atoms with Crippen LogP contribution in [0.3, 0.4) is 0 Å². The minimum atomic E-state index is 0.104. The lowest BCUT2D eigenvalue weighted by molar-refractivity contribution is 0.469. The number of phenols is 1. The van der Waals surface area contributed by atoms with Gasteiger partial charge in [0.05, 0.1) is 5.56 Å². The molecule has 0 aliphatic heterocycles. The minimum Gasteiger partial charge on any atom is -0.507 e. The lowest BCUT2D eigenvalue weighted by Crippen LogP contribution is -2.00. The van der Waals surface area contributed by atoms with Crippen molar-refractivity contribution in [1.29, 1.82) is 0 Å². The molecular weight excluding hydrogens is 448 g/mol. The molecule has 6 rings (SSSR count). The van der Waals surface area contributed by atoms with Gasteiger partial charge in [-0.3, -0.25) is 0 Å². The van der Waals surface area contributed by atoms with Gasteiger partial charge in [0, 0.05) is 22.7 Å². The van der Waals surface area contributed by atoms with Crippen LogP contribution in [-0.2, 0) is 0 Å². The van der Waals surface area contributed by atoms with E-state index in [4.69, 9.17) is 14.7 Å². The molecule has 1 N–H and O–H groups in total. The van der Waals surface area contributed by atoms with Crippen molar-refractivity contribution in [3.05, 3.63) is 115 Å². The third-order valence-electron chi connectivity index (χ3n) is 5.76. The Labute approximate surface area is 207 Å². The lowest BCUT2D eigenvalue weighted by Gasteiger charge is -2.11. The molecule has 0 aliphatic rings. The molecule has 0 aliphatic carbocycles. The first-order valence-electron chi connectivity index (χ1n) is 11.5. The van der Waals surface area contributed by atoms with Gasteiger partial charge in [0.2, 0.25) is 5.88 Å². The molecule has 0 saturated heterocycles. The van der Waals surface area contributed by atoms with E-state index in [1.807, 2.05) is 91.0 Å². The van der Waals surface area contributed by atoms with Gasteiger partial charge in [-0.1, -0.05) is 72.8 Å². The van der Waals surface area contributed by atoms with E-state index in [0.717, 1.165) is 21.9 Å². The van der Waals surface area contributed by atoms with E-state index in [2.05, 4.69) is 9.97 Å². The topological polar surface area (TPSA) is 81.0 Å². The molecule has 36 heavy (non-hydrogen) atoms. The van der Waals surface area contributed by atoms with Crippen molar-refractivity contribution < 1.29 is 9.84 Å². The Hall–Kier alpha value is -5.10. The maximum absolute atomic E-state index is 10.5. The van der Waals surface area contributed by atoms with Gasteiger partial charge in [-0.15, -0.1) is 0 Å². The molecule has 0 bridgehead atoms. The highest BCUT2D eigenvalue weighted by atomic mass is 16.5. The number of hydrogen-bond acceptors (Lipinski definition) is 6. The van der Waals surface area contributed by atoms with Gasteiger partial charge in [0.1, 0.15) is 11.5 Å². The van der Waals surface area contributed by atoms with Crippen molar-refractivity contribution in [2.45, 2.75) is 0 Å². The highest BCUT2D eigenvalue weighted by Gasteiger charge is 2.15. The van der Waals surface area contributed by atoms with Gasteiger partial charge in [-0.2, -0.15) is 0 Å². The summed E-state index contributed by atoms with van der Waals surface area (Å²) in [6.07, 6.45) is 1.73. The first-order valence-corrected chi connectivity index (χ1v) is 11.5. The Morgan fingerprint density at radius 3 is 2.14 bits per heavy atom. The van der Waals surface area contributed by atoms with E-state index in [9.17, 15) is 5.11 Å². The summed E-state index contributed by atoms with van der Waals surface area (Å²) in [6.45, 7) is 0. The van der Waals surface area contributed by atoms with E-state index in [1.54, 1.807) is 24.4 Å². The van der Waals surface area contributed by atoms with Crippen molar-refractivity contribution in [2.75, 3.05) is 0 Å². The number of benzene rings is 4. The van der Waals surface area contributed by atoms with Gasteiger partial charge in [-0.05, 0) is 41.8 Å². The summed E-state index contributed by atoms with van der Waals surface area (Å²) in [7, 11) is 0. The van der Waals surface area contributed by atoms with Crippen LogP contribution in [0.5, 0.6) is 17.4 Å². The second-order valence-electron chi connectivity index (χ2n) is 8.16. The number of aromatic nitrogens is 4.